The van der Waals surface area contributed by atoms with Crippen LogP contribution in [0.15, 0.2) is 53.1 Å². The van der Waals surface area contributed by atoms with E-state index in [-0.39, 0.29) is 11.9 Å². The van der Waals surface area contributed by atoms with Crippen molar-refractivity contribution in [1.29, 1.82) is 0 Å². The summed E-state index contributed by atoms with van der Waals surface area (Å²) >= 11 is 0. The molecular weight excluding hydrogens is 386 g/mol. The van der Waals surface area contributed by atoms with Gasteiger partial charge in [0.15, 0.2) is 0 Å². The van der Waals surface area contributed by atoms with Crippen LogP contribution in [0.4, 0.5) is 0 Å². The maximum absolute atomic E-state index is 13.2. The fourth-order valence-corrected chi connectivity index (χ4v) is 4.19. The lowest BCUT2D eigenvalue weighted by Crippen LogP contribution is -2.30. The van der Waals surface area contributed by atoms with Crippen molar-refractivity contribution < 1.29 is 9.32 Å². The molecule has 2 aromatic carbocycles. The summed E-state index contributed by atoms with van der Waals surface area (Å²) in [5, 5.41) is 4.16. The lowest BCUT2D eigenvalue weighted by Gasteiger charge is -2.22. The molecule has 31 heavy (non-hydrogen) atoms. The van der Waals surface area contributed by atoms with Crippen molar-refractivity contribution in [3.8, 4) is 11.4 Å². The summed E-state index contributed by atoms with van der Waals surface area (Å²) < 4.78 is 5.58. The topological polar surface area (TPSA) is 59.2 Å². The number of nitrogens with zero attached hydrogens (tertiary/aromatic N) is 3. The fourth-order valence-electron chi connectivity index (χ4n) is 4.19. The summed E-state index contributed by atoms with van der Waals surface area (Å²) in [4.78, 5) is 19.7. The Hall–Kier alpha value is -2.95. The number of amides is 1. The van der Waals surface area contributed by atoms with Gasteiger partial charge < -0.3 is 9.42 Å². The summed E-state index contributed by atoms with van der Waals surface area (Å²) in [5.74, 6) is 1.13. The lowest BCUT2D eigenvalue weighted by atomic mass is 10.0. The van der Waals surface area contributed by atoms with E-state index in [0.717, 1.165) is 30.4 Å². The fraction of sp³-hybridized carbons (Fsp3) is 0.423. The van der Waals surface area contributed by atoms with Crippen LogP contribution in [0.25, 0.3) is 11.4 Å². The van der Waals surface area contributed by atoms with E-state index in [0.29, 0.717) is 18.3 Å². The Balaban J connectivity index is 1.43. The Bertz CT molecular complexity index is 992. The van der Waals surface area contributed by atoms with Crippen molar-refractivity contribution in [2.45, 2.75) is 64.8 Å². The molecule has 3 aromatic rings. The molecule has 0 bridgehead atoms. The molecule has 162 valence electrons. The van der Waals surface area contributed by atoms with Gasteiger partial charge in [0.25, 0.3) is 5.91 Å². The van der Waals surface area contributed by atoms with E-state index in [1.807, 2.05) is 48.2 Å². The monoisotopic (exact) mass is 417 g/mol. The van der Waals surface area contributed by atoms with E-state index in [1.54, 1.807) is 0 Å². The van der Waals surface area contributed by atoms with Crippen molar-refractivity contribution in [2.75, 3.05) is 6.54 Å². The number of unbranched alkanes of at least 4 members (excludes halogenated alkanes) is 3. The third kappa shape index (κ3) is 5.04. The van der Waals surface area contributed by atoms with Gasteiger partial charge in [0.05, 0.1) is 0 Å². The molecule has 5 heteroatoms. The first-order valence-electron chi connectivity index (χ1n) is 11.5. The molecule has 0 saturated carbocycles. The van der Waals surface area contributed by atoms with Crippen molar-refractivity contribution in [1.82, 2.24) is 15.0 Å². The molecule has 1 saturated heterocycles. The van der Waals surface area contributed by atoms with Crippen molar-refractivity contribution in [3.05, 3.63) is 71.1 Å². The number of carbonyl (C=O) groups is 1. The predicted molar refractivity (Wildman–Crippen MR) is 122 cm³/mol. The van der Waals surface area contributed by atoms with E-state index < -0.39 is 0 Å². The molecule has 1 atom stereocenters. The molecule has 2 heterocycles. The normalized spacial score (nSPS) is 16.1. The Morgan fingerprint density at radius 3 is 2.58 bits per heavy atom. The lowest BCUT2D eigenvalue weighted by molar-refractivity contribution is 0.0710. The molecule has 0 unspecified atom stereocenters. The summed E-state index contributed by atoms with van der Waals surface area (Å²) in [6, 6.07) is 16.0. The Labute approximate surface area is 184 Å². The number of carbonyl (C=O) groups excluding carboxylic acids is 1. The maximum Gasteiger partial charge on any atom is 0.254 e. The van der Waals surface area contributed by atoms with Crippen LogP contribution < -0.4 is 0 Å². The van der Waals surface area contributed by atoms with Crippen molar-refractivity contribution in [3.63, 3.8) is 0 Å². The van der Waals surface area contributed by atoms with Gasteiger partial charge in [0.1, 0.15) is 6.04 Å². The van der Waals surface area contributed by atoms with Gasteiger partial charge in [-0.3, -0.25) is 4.79 Å². The highest BCUT2D eigenvalue weighted by atomic mass is 16.5. The molecule has 1 fully saturated rings. The summed E-state index contributed by atoms with van der Waals surface area (Å²) in [6.45, 7) is 4.99. The molecule has 0 radical (unpaired) electrons. The number of hydrogen-bond donors (Lipinski definition) is 0. The van der Waals surface area contributed by atoms with Gasteiger partial charge in [0.2, 0.25) is 11.7 Å². The molecule has 1 aromatic heterocycles. The Morgan fingerprint density at radius 2 is 1.84 bits per heavy atom. The number of likely N-dealkylation sites (tertiary alicyclic amines) is 1. The zero-order chi connectivity index (χ0) is 21.6. The van der Waals surface area contributed by atoms with Gasteiger partial charge in [-0.15, -0.1) is 0 Å². The van der Waals surface area contributed by atoms with Crippen LogP contribution in [0.1, 0.15) is 78.9 Å². The minimum Gasteiger partial charge on any atom is -0.337 e. The van der Waals surface area contributed by atoms with Crippen LogP contribution >= 0.6 is 0 Å². The molecule has 0 N–H and O–H groups in total. The zero-order valence-corrected chi connectivity index (χ0v) is 18.5. The Morgan fingerprint density at radius 1 is 1.06 bits per heavy atom. The van der Waals surface area contributed by atoms with Gasteiger partial charge in [-0.05, 0) is 50.3 Å². The molecule has 4 rings (SSSR count). The van der Waals surface area contributed by atoms with Gasteiger partial charge >= 0.3 is 0 Å². The Kier molecular flexibility index (Phi) is 6.80. The van der Waals surface area contributed by atoms with Gasteiger partial charge in [0, 0.05) is 17.7 Å². The van der Waals surface area contributed by atoms with E-state index in [2.05, 4.69) is 29.2 Å². The van der Waals surface area contributed by atoms with E-state index in [1.165, 1.54) is 36.8 Å². The summed E-state index contributed by atoms with van der Waals surface area (Å²) in [7, 11) is 0. The van der Waals surface area contributed by atoms with Crippen LogP contribution in [0.3, 0.4) is 0 Å². The van der Waals surface area contributed by atoms with Gasteiger partial charge in [-0.25, -0.2) is 0 Å². The average molecular weight is 418 g/mol. The maximum atomic E-state index is 13.2. The number of aromatic nitrogens is 2. The quantitative estimate of drug-likeness (QED) is 0.413. The highest BCUT2D eigenvalue weighted by Gasteiger charge is 2.34. The minimum absolute atomic E-state index is 0.0371. The predicted octanol–water partition coefficient (Wildman–Crippen LogP) is 6.15. The second kappa shape index (κ2) is 9.90. The third-order valence-electron chi connectivity index (χ3n) is 6.07. The van der Waals surface area contributed by atoms with Crippen LogP contribution in [0, 0.1) is 6.92 Å². The molecule has 1 aliphatic heterocycles. The highest BCUT2D eigenvalue weighted by Crippen LogP contribution is 2.33. The van der Waals surface area contributed by atoms with Gasteiger partial charge in [-0.1, -0.05) is 73.3 Å². The van der Waals surface area contributed by atoms with Gasteiger partial charge in [-0.2, -0.15) is 4.98 Å². The second-order valence-corrected chi connectivity index (χ2v) is 8.49. The molecule has 0 spiro atoms. The molecule has 5 nitrogen and oxygen atoms in total. The first-order chi connectivity index (χ1) is 15.2. The number of benzene rings is 2. The van der Waals surface area contributed by atoms with Crippen LogP contribution in [0.2, 0.25) is 0 Å². The molecule has 1 amide bonds. The van der Waals surface area contributed by atoms with E-state index in [4.69, 9.17) is 4.52 Å². The van der Waals surface area contributed by atoms with Crippen molar-refractivity contribution in [2.24, 2.45) is 0 Å². The zero-order valence-electron chi connectivity index (χ0n) is 18.5. The second-order valence-electron chi connectivity index (χ2n) is 8.49. The SMILES string of the molecule is CCCCCCc1ccc(C(=O)N2CCC[C@H]2c2nc(-c3ccc(C)cc3)no2)cc1. The third-order valence-corrected chi connectivity index (χ3v) is 6.07. The summed E-state index contributed by atoms with van der Waals surface area (Å²) in [5.41, 5.74) is 4.13. The number of hydrogen-bond acceptors (Lipinski definition) is 4. The van der Waals surface area contributed by atoms with Crippen LogP contribution in [-0.4, -0.2) is 27.5 Å². The van der Waals surface area contributed by atoms with E-state index in [9.17, 15) is 4.79 Å². The average Bonchev–Trinajstić information content (AvgIpc) is 3.47. The van der Waals surface area contributed by atoms with E-state index >= 15 is 0 Å². The first-order valence-corrected chi connectivity index (χ1v) is 11.5. The minimum atomic E-state index is -0.159. The van der Waals surface area contributed by atoms with Crippen LogP contribution in [0.5, 0.6) is 0 Å². The molecule has 1 aliphatic rings. The molecular formula is C26H31N3O2. The molecule has 0 aliphatic carbocycles. The first kappa shape index (κ1) is 21.3. The largest absolute Gasteiger partial charge is 0.337 e. The number of aryl methyl sites for hydroxylation is 2. The highest BCUT2D eigenvalue weighted by molar-refractivity contribution is 5.94. The summed E-state index contributed by atoms with van der Waals surface area (Å²) in [6.07, 6.45) is 7.86. The number of rotatable bonds is 8. The smallest absolute Gasteiger partial charge is 0.254 e. The van der Waals surface area contributed by atoms with Crippen molar-refractivity contribution >= 4 is 5.91 Å². The standard InChI is InChI=1S/C26H31N3O2/c1-3-4-5-6-8-20-12-16-22(17-13-20)26(30)29-18-7-9-23(29)25-27-24(28-31-25)21-14-10-19(2)11-15-21/h10-17,23H,3-9,18H2,1-2H3/t23-/m0/s1. The van der Waals surface area contributed by atoms with Crippen LogP contribution in [-0.2, 0) is 6.42 Å².